The largest absolute Gasteiger partial charge is 0.906 e. The van der Waals surface area contributed by atoms with Gasteiger partial charge in [0, 0.05) is 18.3 Å². The Balaban J connectivity index is 0.000000423. The standard InChI is InChI=1S/C8H10.3C3H7O.Al/c1-7-3-5-8(2)6-4-7;3*1-3(2)4;/h3-6H,1-2H3;3*3H,1-2H3;/q;3*-1;+3. The van der Waals surface area contributed by atoms with Gasteiger partial charge in [-0.1, -0.05) is 35.4 Å². The highest BCUT2D eigenvalue weighted by atomic mass is 27.3. The molecule has 1 aromatic rings. The van der Waals surface area contributed by atoms with Gasteiger partial charge in [-0.05, 0) is 55.4 Å². The molecule has 0 aliphatic carbocycles. The van der Waals surface area contributed by atoms with E-state index in [1.54, 1.807) is 0 Å². The van der Waals surface area contributed by atoms with Crippen LogP contribution in [0.1, 0.15) is 52.7 Å². The van der Waals surface area contributed by atoms with E-state index in [2.05, 4.69) is 38.1 Å². The predicted octanol–water partition coefficient (Wildman–Crippen LogP) is 4.55. The van der Waals surface area contributed by atoms with Crippen molar-refractivity contribution < 1.29 is 11.4 Å². The second-order valence-electron chi connectivity index (χ2n) is 6.00. The molecule has 21 heavy (non-hydrogen) atoms. The maximum absolute atomic E-state index is 5.57. The van der Waals surface area contributed by atoms with Crippen LogP contribution in [0.5, 0.6) is 0 Å². The SMILES string of the molecule is CC(C)[O][Al]([O]C(C)C)[O]C(C)C.Cc1ccc(C)cc1. The van der Waals surface area contributed by atoms with Crippen molar-refractivity contribution in [3.63, 3.8) is 0 Å². The molecule has 120 valence electrons. The molecule has 1 rings (SSSR count). The summed E-state index contributed by atoms with van der Waals surface area (Å²) in [6.07, 6.45) is 0.525. The third-order valence-electron chi connectivity index (χ3n) is 2.37. The van der Waals surface area contributed by atoms with Crippen LogP contribution in [0.3, 0.4) is 0 Å². The molecule has 0 amide bonds. The highest BCUT2D eigenvalue weighted by Crippen LogP contribution is 2.04. The fourth-order valence-corrected chi connectivity index (χ4v) is 2.93. The van der Waals surface area contributed by atoms with Gasteiger partial charge in [0.25, 0.3) is 0 Å². The van der Waals surface area contributed by atoms with Crippen LogP contribution in [0.25, 0.3) is 0 Å². The molecule has 0 spiro atoms. The lowest BCUT2D eigenvalue weighted by molar-refractivity contribution is 0.0335. The quantitative estimate of drug-likeness (QED) is 0.721. The van der Waals surface area contributed by atoms with Gasteiger partial charge in [-0.2, -0.15) is 0 Å². The first kappa shape index (κ1) is 20.6. The molecule has 0 N–H and O–H groups in total. The van der Waals surface area contributed by atoms with Gasteiger partial charge in [-0.15, -0.1) is 0 Å². The first-order chi connectivity index (χ1) is 9.70. The van der Waals surface area contributed by atoms with Gasteiger partial charge in [-0.25, -0.2) is 0 Å². The Bertz CT molecular complexity index is 316. The molecule has 0 fully saturated rings. The lowest BCUT2D eigenvalue weighted by atomic mass is 10.2. The van der Waals surface area contributed by atoms with E-state index in [4.69, 9.17) is 11.4 Å². The average Bonchev–Trinajstić information content (AvgIpc) is 2.31. The zero-order chi connectivity index (χ0) is 16.4. The monoisotopic (exact) mass is 310 g/mol. The molecule has 0 saturated carbocycles. The van der Waals surface area contributed by atoms with Crippen LogP contribution in [0.4, 0.5) is 0 Å². The molecule has 0 radical (unpaired) electrons. The zero-order valence-corrected chi connectivity index (χ0v) is 16.0. The number of benzene rings is 1. The third kappa shape index (κ3) is 13.0. The van der Waals surface area contributed by atoms with Gasteiger partial charge in [0.15, 0.2) is 0 Å². The van der Waals surface area contributed by atoms with Crippen molar-refractivity contribution in [2.75, 3.05) is 0 Å². The maximum Gasteiger partial charge on any atom is 0.906 e. The molecule has 0 heterocycles. The Labute approximate surface area is 136 Å². The zero-order valence-electron chi connectivity index (χ0n) is 14.8. The summed E-state index contributed by atoms with van der Waals surface area (Å²) in [5.41, 5.74) is 2.66. The van der Waals surface area contributed by atoms with Gasteiger partial charge in [0.2, 0.25) is 0 Å². The van der Waals surface area contributed by atoms with Crippen LogP contribution in [-0.4, -0.2) is 33.5 Å². The fourth-order valence-electron chi connectivity index (χ4n) is 1.40. The molecule has 4 heteroatoms. The lowest BCUT2D eigenvalue weighted by Crippen LogP contribution is -2.34. The van der Waals surface area contributed by atoms with Crippen molar-refractivity contribution in [3.8, 4) is 0 Å². The van der Waals surface area contributed by atoms with Crippen molar-refractivity contribution in [3.05, 3.63) is 35.4 Å². The molecule has 0 saturated heterocycles. The van der Waals surface area contributed by atoms with Crippen LogP contribution < -0.4 is 0 Å². The van der Waals surface area contributed by atoms with Crippen LogP contribution >= 0.6 is 0 Å². The average molecular weight is 310 g/mol. The van der Waals surface area contributed by atoms with Crippen LogP contribution in [-0.2, 0) is 11.4 Å². The van der Waals surface area contributed by atoms with Crippen molar-refractivity contribution in [2.24, 2.45) is 0 Å². The topological polar surface area (TPSA) is 27.7 Å². The minimum Gasteiger partial charge on any atom is -0.452 e. The van der Waals surface area contributed by atoms with E-state index in [0.717, 1.165) is 0 Å². The summed E-state index contributed by atoms with van der Waals surface area (Å²) < 4.78 is 16.7. The minimum absolute atomic E-state index is 0.175. The Morgan fingerprint density at radius 1 is 0.619 bits per heavy atom. The Morgan fingerprint density at radius 3 is 1.05 bits per heavy atom. The van der Waals surface area contributed by atoms with E-state index in [0.29, 0.717) is 0 Å². The second kappa shape index (κ2) is 11.2. The van der Waals surface area contributed by atoms with Gasteiger partial charge >= 0.3 is 15.1 Å². The Morgan fingerprint density at radius 2 is 0.857 bits per heavy atom. The van der Waals surface area contributed by atoms with E-state index in [1.165, 1.54) is 11.1 Å². The summed E-state index contributed by atoms with van der Waals surface area (Å²) in [5.74, 6) is 0. The summed E-state index contributed by atoms with van der Waals surface area (Å²) in [4.78, 5) is 0. The van der Waals surface area contributed by atoms with E-state index in [1.807, 2.05) is 41.5 Å². The minimum atomic E-state index is -1.91. The van der Waals surface area contributed by atoms with Crippen LogP contribution in [0.2, 0.25) is 0 Å². The predicted molar refractivity (Wildman–Crippen MR) is 90.3 cm³/mol. The third-order valence-corrected chi connectivity index (χ3v) is 4.67. The first-order valence-corrected chi connectivity index (χ1v) is 9.11. The van der Waals surface area contributed by atoms with E-state index in [-0.39, 0.29) is 18.3 Å². The summed E-state index contributed by atoms with van der Waals surface area (Å²) >= 11 is -1.91. The first-order valence-electron chi connectivity index (χ1n) is 7.70. The van der Waals surface area contributed by atoms with Crippen LogP contribution in [0.15, 0.2) is 24.3 Å². The smallest absolute Gasteiger partial charge is 0.452 e. The van der Waals surface area contributed by atoms with Gasteiger partial charge < -0.3 is 11.4 Å². The summed E-state index contributed by atoms with van der Waals surface area (Å²) in [5, 5.41) is 0. The molecule has 0 bridgehead atoms. The second-order valence-corrected chi connectivity index (χ2v) is 7.39. The summed E-state index contributed by atoms with van der Waals surface area (Å²) in [6, 6.07) is 8.48. The summed E-state index contributed by atoms with van der Waals surface area (Å²) in [7, 11) is 0. The highest BCUT2D eigenvalue weighted by molar-refractivity contribution is 6.36. The molecule has 0 aliphatic rings. The Kier molecular flexibility index (Phi) is 11.0. The van der Waals surface area contributed by atoms with Crippen LogP contribution in [0, 0.1) is 13.8 Å². The molecule has 0 atom stereocenters. The van der Waals surface area contributed by atoms with E-state index >= 15 is 0 Å². The van der Waals surface area contributed by atoms with E-state index < -0.39 is 15.1 Å². The maximum atomic E-state index is 5.57. The fraction of sp³-hybridized carbons (Fsp3) is 0.647. The lowest BCUT2D eigenvalue weighted by Gasteiger charge is -2.19. The molecule has 1 aromatic carbocycles. The van der Waals surface area contributed by atoms with E-state index in [9.17, 15) is 0 Å². The molecular formula is C17H31AlO3. The van der Waals surface area contributed by atoms with Crippen molar-refractivity contribution >= 4 is 15.1 Å². The van der Waals surface area contributed by atoms with Crippen molar-refractivity contribution in [1.29, 1.82) is 0 Å². The number of aryl methyl sites for hydroxylation is 2. The molecule has 3 nitrogen and oxygen atoms in total. The van der Waals surface area contributed by atoms with Gasteiger partial charge in [0.1, 0.15) is 0 Å². The molecule has 0 aliphatic heterocycles. The number of rotatable bonds is 6. The molecule has 0 aromatic heterocycles. The number of hydrogen-bond acceptors (Lipinski definition) is 3. The van der Waals surface area contributed by atoms with Gasteiger partial charge in [-0.3, -0.25) is 0 Å². The Hall–Kier alpha value is -0.368. The van der Waals surface area contributed by atoms with Gasteiger partial charge in [0.05, 0.1) is 0 Å². The van der Waals surface area contributed by atoms with Crippen molar-refractivity contribution in [1.82, 2.24) is 0 Å². The van der Waals surface area contributed by atoms with Crippen molar-refractivity contribution in [2.45, 2.75) is 73.7 Å². The highest BCUT2D eigenvalue weighted by Gasteiger charge is 2.34. The molecular weight excluding hydrogens is 279 g/mol. The molecule has 0 unspecified atom stereocenters. The summed E-state index contributed by atoms with van der Waals surface area (Å²) in [6.45, 7) is 16.2. The normalized spacial score (nSPS) is 10.8. The number of hydrogen-bond donors (Lipinski definition) is 0.